The van der Waals surface area contributed by atoms with E-state index < -0.39 is 20.0 Å². The SMILES string of the molecule is CCCCCCC/C=C\C/C=C\C/C=C\CCCCCCCCCCCCCCCCCCCCCCCCCCCCC(=O)NC(COP(=O)(O)OCC[N+](C)(C)C)C(O)CCCCCCCCCCCCC. The molecule has 0 saturated heterocycles. The van der Waals surface area contributed by atoms with Gasteiger partial charge < -0.3 is 19.8 Å². The predicted molar refractivity (Wildman–Crippen MR) is 323 cm³/mol. The van der Waals surface area contributed by atoms with Crippen LogP contribution in [0.5, 0.6) is 0 Å². The minimum Gasteiger partial charge on any atom is -0.391 e. The van der Waals surface area contributed by atoms with Crippen molar-refractivity contribution in [3.63, 3.8) is 0 Å². The fraction of sp³-hybridized carbons (Fsp3) is 0.892. The molecular formula is C65H128N2O6P+. The number of unbranched alkanes of at least 4 members (excludes halogenated alkanes) is 41. The van der Waals surface area contributed by atoms with Gasteiger partial charge in [0.05, 0.1) is 39.9 Å². The van der Waals surface area contributed by atoms with Crippen molar-refractivity contribution < 1.29 is 32.9 Å². The summed E-state index contributed by atoms with van der Waals surface area (Å²) in [7, 11) is 1.63. The van der Waals surface area contributed by atoms with E-state index in [1.165, 1.54) is 244 Å². The fourth-order valence-corrected chi connectivity index (χ4v) is 10.6. The maximum Gasteiger partial charge on any atom is 0.472 e. The lowest BCUT2D eigenvalue weighted by Gasteiger charge is -2.26. The summed E-state index contributed by atoms with van der Waals surface area (Å²) in [6.45, 7) is 4.89. The Morgan fingerprint density at radius 2 is 0.770 bits per heavy atom. The molecule has 0 heterocycles. The number of aliphatic hydroxyl groups is 1. The van der Waals surface area contributed by atoms with Crippen molar-refractivity contribution in [1.29, 1.82) is 0 Å². The van der Waals surface area contributed by atoms with Crippen LogP contribution in [0.2, 0.25) is 0 Å². The smallest absolute Gasteiger partial charge is 0.391 e. The molecular weight excluding hydrogens is 936 g/mol. The molecule has 0 bridgehead atoms. The minimum atomic E-state index is -4.32. The number of rotatable bonds is 60. The molecule has 1 amide bonds. The highest BCUT2D eigenvalue weighted by atomic mass is 31.2. The number of allylic oxidation sites excluding steroid dienone is 6. The van der Waals surface area contributed by atoms with Crippen molar-refractivity contribution in [2.45, 2.75) is 334 Å². The number of nitrogens with one attached hydrogen (secondary N) is 1. The third-order valence-corrected chi connectivity index (χ3v) is 15.9. The number of hydrogen-bond acceptors (Lipinski definition) is 5. The number of carbonyl (C=O) groups is 1. The number of phosphoric ester groups is 1. The van der Waals surface area contributed by atoms with E-state index in [0.29, 0.717) is 23.9 Å². The van der Waals surface area contributed by atoms with Crippen LogP contribution in [-0.4, -0.2) is 73.4 Å². The zero-order valence-electron chi connectivity index (χ0n) is 50.1. The Labute approximate surface area is 461 Å². The van der Waals surface area contributed by atoms with E-state index in [0.717, 1.165) is 51.4 Å². The summed E-state index contributed by atoms with van der Waals surface area (Å²) in [5.74, 6) is -0.140. The van der Waals surface area contributed by atoms with Crippen molar-refractivity contribution >= 4 is 13.7 Å². The Morgan fingerprint density at radius 1 is 0.459 bits per heavy atom. The Balaban J connectivity index is 3.78. The first-order valence-corrected chi connectivity index (χ1v) is 33.8. The summed E-state index contributed by atoms with van der Waals surface area (Å²) in [6.07, 6.45) is 74.0. The first-order valence-electron chi connectivity index (χ1n) is 32.4. The molecule has 74 heavy (non-hydrogen) atoms. The minimum absolute atomic E-state index is 0.0769. The molecule has 0 aliphatic carbocycles. The van der Waals surface area contributed by atoms with Gasteiger partial charge in [-0.1, -0.05) is 301 Å². The number of amides is 1. The van der Waals surface area contributed by atoms with E-state index >= 15 is 0 Å². The van der Waals surface area contributed by atoms with E-state index in [-0.39, 0.29) is 19.1 Å². The number of likely N-dealkylation sites (N-methyl/N-ethyl adjacent to an activating group) is 1. The number of nitrogens with zero attached hydrogens (tertiary/aromatic N) is 1. The summed E-state index contributed by atoms with van der Waals surface area (Å²) in [5.41, 5.74) is 0. The molecule has 3 N–H and O–H groups in total. The third kappa shape index (κ3) is 58.4. The molecule has 3 atom stereocenters. The van der Waals surface area contributed by atoms with Gasteiger partial charge in [0.15, 0.2) is 0 Å². The van der Waals surface area contributed by atoms with Crippen LogP contribution in [0.1, 0.15) is 322 Å². The van der Waals surface area contributed by atoms with Crippen molar-refractivity contribution in [3.05, 3.63) is 36.5 Å². The molecule has 438 valence electrons. The molecule has 0 aliphatic heterocycles. The van der Waals surface area contributed by atoms with Crippen LogP contribution >= 0.6 is 7.82 Å². The third-order valence-electron chi connectivity index (χ3n) is 14.9. The van der Waals surface area contributed by atoms with E-state index in [4.69, 9.17) is 9.05 Å². The molecule has 0 fully saturated rings. The van der Waals surface area contributed by atoms with Gasteiger partial charge >= 0.3 is 7.82 Å². The molecule has 0 aromatic rings. The predicted octanol–water partition coefficient (Wildman–Crippen LogP) is 20.1. The molecule has 9 heteroatoms. The molecule has 0 radical (unpaired) electrons. The van der Waals surface area contributed by atoms with Gasteiger partial charge in [0, 0.05) is 6.42 Å². The lowest BCUT2D eigenvalue weighted by atomic mass is 10.0. The molecule has 0 aromatic heterocycles. The number of hydrogen-bond donors (Lipinski definition) is 3. The maximum absolute atomic E-state index is 13.0. The van der Waals surface area contributed by atoms with Gasteiger partial charge in [-0.25, -0.2) is 4.57 Å². The van der Waals surface area contributed by atoms with Gasteiger partial charge in [-0.15, -0.1) is 0 Å². The summed E-state index contributed by atoms with van der Waals surface area (Å²) in [4.78, 5) is 23.3. The summed E-state index contributed by atoms with van der Waals surface area (Å²) < 4.78 is 23.7. The van der Waals surface area contributed by atoms with E-state index in [9.17, 15) is 19.4 Å². The normalized spacial score (nSPS) is 14.0. The van der Waals surface area contributed by atoms with Crippen LogP contribution in [0.4, 0.5) is 0 Å². The van der Waals surface area contributed by atoms with Gasteiger partial charge in [-0.3, -0.25) is 13.8 Å². The van der Waals surface area contributed by atoms with Gasteiger partial charge in [0.1, 0.15) is 13.2 Å². The quantitative estimate of drug-likeness (QED) is 0.0243. The zero-order valence-corrected chi connectivity index (χ0v) is 51.0. The molecule has 0 aromatic carbocycles. The molecule has 0 aliphatic rings. The summed E-state index contributed by atoms with van der Waals surface area (Å²) in [6, 6.07) is -0.756. The topological polar surface area (TPSA) is 105 Å². The van der Waals surface area contributed by atoms with Crippen LogP contribution in [0.3, 0.4) is 0 Å². The second-order valence-electron chi connectivity index (χ2n) is 23.5. The highest BCUT2D eigenvalue weighted by Gasteiger charge is 2.28. The van der Waals surface area contributed by atoms with E-state index in [1.807, 2.05) is 21.1 Å². The van der Waals surface area contributed by atoms with Crippen LogP contribution in [0, 0.1) is 0 Å². The largest absolute Gasteiger partial charge is 0.472 e. The first kappa shape index (κ1) is 72.7. The average Bonchev–Trinajstić information content (AvgIpc) is 3.36. The second kappa shape index (κ2) is 56.4. The lowest BCUT2D eigenvalue weighted by Crippen LogP contribution is -2.46. The average molecular weight is 1060 g/mol. The number of phosphoric acid groups is 1. The van der Waals surface area contributed by atoms with Crippen molar-refractivity contribution in [2.24, 2.45) is 0 Å². The number of aliphatic hydroxyl groups excluding tert-OH is 1. The monoisotopic (exact) mass is 1060 g/mol. The van der Waals surface area contributed by atoms with Crippen LogP contribution in [0.15, 0.2) is 36.5 Å². The van der Waals surface area contributed by atoms with E-state index in [1.54, 1.807) is 0 Å². The van der Waals surface area contributed by atoms with Crippen molar-refractivity contribution in [1.82, 2.24) is 5.32 Å². The Kier molecular flexibility index (Phi) is 55.5. The molecule has 0 saturated carbocycles. The van der Waals surface area contributed by atoms with Gasteiger partial charge in [-0.05, 0) is 51.4 Å². The lowest BCUT2D eigenvalue weighted by molar-refractivity contribution is -0.870. The van der Waals surface area contributed by atoms with Crippen molar-refractivity contribution in [2.75, 3.05) is 40.9 Å². The summed E-state index contributed by atoms with van der Waals surface area (Å²) >= 11 is 0. The Morgan fingerprint density at radius 3 is 1.12 bits per heavy atom. The van der Waals surface area contributed by atoms with Gasteiger partial charge in [0.25, 0.3) is 0 Å². The zero-order chi connectivity index (χ0) is 54.2. The molecule has 0 rings (SSSR count). The highest BCUT2D eigenvalue weighted by molar-refractivity contribution is 7.47. The standard InChI is InChI=1S/C65H127N2O6P/c1-6-8-10-12-14-16-18-19-20-21-22-23-24-25-26-27-28-29-30-31-32-33-34-35-36-37-38-39-40-41-42-43-44-45-46-47-49-51-53-55-57-59-65(69)66-63(62-73-74(70,71)72-61-60-67(3,4)5)64(68)58-56-54-52-50-48-17-15-13-11-9-7-2/h18-19,21-22,24-25,63-64,68H,6-17,20,23,26-62H2,1-5H3,(H-,66,69,70,71)/p+1/b19-18-,22-21-,25-24-. The molecule has 0 spiro atoms. The molecule has 3 unspecified atom stereocenters. The number of carbonyl (C=O) groups excluding carboxylic acids is 1. The summed E-state index contributed by atoms with van der Waals surface area (Å²) in [5, 5.41) is 14.0. The highest BCUT2D eigenvalue weighted by Crippen LogP contribution is 2.43. The first-order chi connectivity index (χ1) is 36.0. The maximum atomic E-state index is 13.0. The van der Waals surface area contributed by atoms with Crippen LogP contribution in [-0.2, 0) is 18.4 Å². The second-order valence-corrected chi connectivity index (χ2v) is 25.0. The molecule has 8 nitrogen and oxygen atoms in total. The van der Waals surface area contributed by atoms with Crippen molar-refractivity contribution in [3.8, 4) is 0 Å². The van der Waals surface area contributed by atoms with Crippen LogP contribution < -0.4 is 5.32 Å². The Bertz CT molecular complexity index is 1300. The fourth-order valence-electron chi connectivity index (χ4n) is 9.82. The van der Waals surface area contributed by atoms with Gasteiger partial charge in [0.2, 0.25) is 5.91 Å². The number of quaternary nitrogens is 1. The Hall–Kier alpha value is -1.28. The van der Waals surface area contributed by atoms with Crippen LogP contribution in [0.25, 0.3) is 0 Å². The van der Waals surface area contributed by atoms with E-state index in [2.05, 4.69) is 55.6 Å². The van der Waals surface area contributed by atoms with Gasteiger partial charge in [-0.2, -0.15) is 0 Å².